The van der Waals surface area contributed by atoms with Crippen LogP contribution in [0.4, 0.5) is 5.69 Å². The SMILES string of the molecule is CC(C)(C)c1ccc(-c2ccc(C(Cc3ccc(C(=O)NCCS(=O)(=O)O)cc3)C(=O)Nc3ccc(-c4ccc(Cl)cc4Cl)cc3)cc2)cc1. The molecule has 1 atom stereocenters. The van der Waals surface area contributed by atoms with Gasteiger partial charge in [0.1, 0.15) is 0 Å². The molecule has 258 valence electrons. The van der Waals surface area contributed by atoms with Crippen molar-refractivity contribution in [2.75, 3.05) is 17.6 Å². The highest BCUT2D eigenvalue weighted by Crippen LogP contribution is 2.32. The highest BCUT2D eigenvalue weighted by Gasteiger charge is 2.22. The molecule has 5 aromatic rings. The second-order valence-corrected chi connectivity index (χ2v) is 15.6. The van der Waals surface area contributed by atoms with Crippen molar-refractivity contribution in [3.63, 3.8) is 0 Å². The van der Waals surface area contributed by atoms with Crippen molar-refractivity contribution in [3.05, 3.63) is 148 Å². The van der Waals surface area contributed by atoms with Crippen LogP contribution in [0.25, 0.3) is 22.3 Å². The molecule has 0 spiro atoms. The number of rotatable bonds is 11. The van der Waals surface area contributed by atoms with E-state index in [4.69, 9.17) is 27.8 Å². The average molecular weight is 730 g/mol. The first-order valence-electron chi connectivity index (χ1n) is 16.1. The van der Waals surface area contributed by atoms with Crippen molar-refractivity contribution < 1.29 is 22.6 Å². The van der Waals surface area contributed by atoms with Crippen LogP contribution >= 0.6 is 23.2 Å². The van der Waals surface area contributed by atoms with Crippen LogP contribution in [0.5, 0.6) is 0 Å². The summed E-state index contributed by atoms with van der Waals surface area (Å²) >= 11 is 12.5. The van der Waals surface area contributed by atoms with Crippen molar-refractivity contribution >= 4 is 50.8 Å². The van der Waals surface area contributed by atoms with E-state index in [-0.39, 0.29) is 17.9 Å². The number of carbonyl (C=O) groups is 2. The zero-order chi connectivity index (χ0) is 36.1. The molecule has 0 bridgehead atoms. The minimum Gasteiger partial charge on any atom is -0.351 e. The number of halogens is 2. The van der Waals surface area contributed by atoms with Crippen molar-refractivity contribution in [1.82, 2.24) is 5.32 Å². The van der Waals surface area contributed by atoms with Crippen LogP contribution in [0.15, 0.2) is 115 Å². The first kappa shape index (κ1) is 36.8. The smallest absolute Gasteiger partial charge is 0.266 e. The molecule has 0 aliphatic rings. The zero-order valence-corrected chi connectivity index (χ0v) is 30.2. The molecule has 0 saturated heterocycles. The molecule has 7 nitrogen and oxygen atoms in total. The highest BCUT2D eigenvalue weighted by atomic mass is 35.5. The zero-order valence-electron chi connectivity index (χ0n) is 27.9. The molecule has 0 aliphatic carbocycles. The predicted molar refractivity (Wildman–Crippen MR) is 203 cm³/mol. The summed E-state index contributed by atoms with van der Waals surface area (Å²) in [7, 11) is -4.19. The number of anilines is 1. The van der Waals surface area contributed by atoms with E-state index in [2.05, 4.69) is 55.7 Å². The number of hydrogen-bond donors (Lipinski definition) is 3. The van der Waals surface area contributed by atoms with Crippen molar-refractivity contribution in [3.8, 4) is 22.3 Å². The number of amides is 2. The second-order valence-electron chi connectivity index (χ2n) is 13.1. The van der Waals surface area contributed by atoms with Gasteiger partial charge in [-0.1, -0.05) is 123 Å². The molecule has 0 aromatic heterocycles. The maximum absolute atomic E-state index is 13.9. The first-order chi connectivity index (χ1) is 23.7. The summed E-state index contributed by atoms with van der Waals surface area (Å²) in [6, 6.07) is 36.0. The van der Waals surface area contributed by atoms with Gasteiger partial charge in [0.05, 0.1) is 11.7 Å². The molecule has 0 fully saturated rings. The summed E-state index contributed by atoms with van der Waals surface area (Å²) in [6.07, 6.45) is 0.356. The Labute approximate surface area is 303 Å². The van der Waals surface area contributed by atoms with Crippen LogP contribution in [0, 0.1) is 0 Å². The van der Waals surface area contributed by atoms with Gasteiger partial charge in [-0.25, -0.2) is 0 Å². The Morgan fingerprint density at radius 3 is 1.90 bits per heavy atom. The van der Waals surface area contributed by atoms with E-state index in [1.54, 1.807) is 36.4 Å². The maximum atomic E-state index is 13.9. The lowest BCUT2D eigenvalue weighted by atomic mass is 9.86. The third kappa shape index (κ3) is 9.82. The maximum Gasteiger partial charge on any atom is 0.266 e. The molecule has 0 saturated carbocycles. The minimum atomic E-state index is -4.19. The van der Waals surface area contributed by atoms with Gasteiger partial charge in [-0.05, 0) is 81.6 Å². The Hall–Kier alpha value is -4.47. The van der Waals surface area contributed by atoms with Gasteiger partial charge < -0.3 is 10.6 Å². The highest BCUT2D eigenvalue weighted by molar-refractivity contribution is 7.85. The molecule has 10 heteroatoms. The fourth-order valence-electron chi connectivity index (χ4n) is 5.54. The topological polar surface area (TPSA) is 113 Å². The fraction of sp³-hybridized carbons (Fsp3) is 0.200. The third-order valence-electron chi connectivity index (χ3n) is 8.41. The van der Waals surface area contributed by atoms with E-state index in [0.29, 0.717) is 27.7 Å². The standard InChI is InChI=1S/C40H38Cl2N2O5S/c1-40(2,3)32-16-12-28(13-17-32)27-8-10-30(11-9-27)36(24-26-4-6-31(7-5-26)38(45)43-22-23-50(47,48)49)39(46)44-34-19-14-29(15-20-34)35-21-18-33(41)25-37(35)42/h4-21,25,36H,22-24H2,1-3H3,(H,43,45)(H,44,46)(H,47,48,49). The summed E-state index contributed by atoms with van der Waals surface area (Å²) in [5.74, 6) is -1.81. The van der Waals surface area contributed by atoms with E-state index in [1.165, 1.54) is 5.56 Å². The second kappa shape index (κ2) is 15.6. The van der Waals surface area contributed by atoms with E-state index in [0.717, 1.165) is 33.4 Å². The molecular formula is C40H38Cl2N2O5S. The van der Waals surface area contributed by atoms with Crippen molar-refractivity contribution in [1.29, 1.82) is 0 Å². The quantitative estimate of drug-likeness (QED) is 0.117. The van der Waals surface area contributed by atoms with Crippen LogP contribution < -0.4 is 10.6 Å². The van der Waals surface area contributed by atoms with Crippen LogP contribution in [0.1, 0.15) is 53.7 Å². The van der Waals surface area contributed by atoms with Gasteiger partial charge in [0.2, 0.25) is 5.91 Å². The molecule has 0 radical (unpaired) electrons. The molecule has 2 amide bonds. The van der Waals surface area contributed by atoms with Crippen LogP contribution in [0.3, 0.4) is 0 Å². The molecule has 5 aromatic carbocycles. The van der Waals surface area contributed by atoms with Gasteiger partial charge in [0, 0.05) is 33.4 Å². The Morgan fingerprint density at radius 1 is 0.760 bits per heavy atom. The minimum absolute atomic E-state index is 0.0529. The van der Waals surface area contributed by atoms with Crippen molar-refractivity contribution in [2.24, 2.45) is 0 Å². The van der Waals surface area contributed by atoms with E-state index >= 15 is 0 Å². The fourth-order valence-corrected chi connectivity index (χ4v) is 6.42. The molecule has 0 heterocycles. The summed E-state index contributed by atoms with van der Waals surface area (Å²) < 4.78 is 30.9. The lowest BCUT2D eigenvalue weighted by molar-refractivity contribution is -0.117. The Bertz CT molecular complexity index is 2080. The summed E-state index contributed by atoms with van der Waals surface area (Å²) in [6.45, 7) is 6.33. The number of benzene rings is 5. The lowest BCUT2D eigenvalue weighted by Crippen LogP contribution is -2.28. The van der Waals surface area contributed by atoms with Gasteiger partial charge in [0.15, 0.2) is 0 Å². The normalized spacial score (nSPS) is 12.3. The summed E-state index contributed by atoms with van der Waals surface area (Å²) in [5.41, 5.74) is 7.74. The molecule has 1 unspecified atom stereocenters. The first-order valence-corrected chi connectivity index (χ1v) is 18.4. The third-order valence-corrected chi connectivity index (χ3v) is 9.68. The molecule has 5 rings (SSSR count). The molecule has 50 heavy (non-hydrogen) atoms. The van der Waals surface area contributed by atoms with E-state index in [9.17, 15) is 18.0 Å². The van der Waals surface area contributed by atoms with Crippen LogP contribution in [0.2, 0.25) is 10.0 Å². The predicted octanol–water partition coefficient (Wildman–Crippen LogP) is 9.21. The molecular weight excluding hydrogens is 691 g/mol. The number of nitrogens with one attached hydrogen (secondary N) is 2. The van der Waals surface area contributed by atoms with Gasteiger partial charge >= 0.3 is 0 Å². The summed E-state index contributed by atoms with van der Waals surface area (Å²) in [4.78, 5) is 26.4. The van der Waals surface area contributed by atoms with E-state index < -0.39 is 27.7 Å². The lowest BCUT2D eigenvalue weighted by Gasteiger charge is -2.20. The summed E-state index contributed by atoms with van der Waals surface area (Å²) in [5, 5.41) is 6.63. The van der Waals surface area contributed by atoms with Crippen LogP contribution in [-0.4, -0.2) is 37.1 Å². The largest absolute Gasteiger partial charge is 0.351 e. The van der Waals surface area contributed by atoms with Gasteiger partial charge in [-0.15, -0.1) is 0 Å². The number of hydrogen-bond acceptors (Lipinski definition) is 4. The van der Waals surface area contributed by atoms with Gasteiger partial charge in [-0.2, -0.15) is 8.42 Å². The molecule has 3 N–H and O–H groups in total. The molecule has 0 aliphatic heterocycles. The Kier molecular flexibility index (Phi) is 11.5. The Morgan fingerprint density at radius 2 is 1.34 bits per heavy atom. The van der Waals surface area contributed by atoms with Crippen molar-refractivity contribution in [2.45, 2.75) is 38.5 Å². The number of carbonyl (C=O) groups excluding carboxylic acids is 2. The monoisotopic (exact) mass is 728 g/mol. The average Bonchev–Trinajstić information content (AvgIpc) is 3.07. The van der Waals surface area contributed by atoms with Gasteiger partial charge in [0.25, 0.3) is 16.0 Å². The Balaban J connectivity index is 1.37. The van der Waals surface area contributed by atoms with E-state index in [1.807, 2.05) is 54.6 Å². The van der Waals surface area contributed by atoms with Gasteiger partial charge in [-0.3, -0.25) is 14.1 Å². The van der Waals surface area contributed by atoms with Crippen LogP contribution in [-0.2, 0) is 26.7 Å².